The standard InChI is InChI=1S/C47H39N/c1-32-14-8-9-17-39(32)42-30-35(23-22-33(42)2)34-24-27-38(28-25-34)48(37-15-6-5-7-16-37)46-21-13-11-18-40(46)36-26-29-45-43(31-36)41-19-10-12-20-44(41)47(45,3)4/h5-31H,1-4H3. The van der Waals surface area contributed by atoms with Gasteiger partial charge in [0.25, 0.3) is 0 Å². The molecule has 0 amide bonds. The number of anilines is 3. The highest BCUT2D eigenvalue weighted by atomic mass is 15.1. The summed E-state index contributed by atoms with van der Waals surface area (Å²) in [6.07, 6.45) is 0. The molecule has 232 valence electrons. The monoisotopic (exact) mass is 617 g/mol. The average Bonchev–Trinajstić information content (AvgIpc) is 3.36. The lowest BCUT2D eigenvalue weighted by atomic mass is 9.82. The van der Waals surface area contributed by atoms with Crippen molar-refractivity contribution in [1.29, 1.82) is 0 Å². The number of fused-ring (bicyclic) bond motifs is 3. The van der Waals surface area contributed by atoms with E-state index in [1.165, 1.54) is 66.8 Å². The lowest BCUT2D eigenvalue weighted by Crippen LogP contribution is -2.14. The fourth-order valence-electron chi connectivity index (χ4n) is 7.57. The maximum absolute atomic E-state index is 2.40. The van der Waals surface area contributed by atoms with Crippen molar-refractivity contribution < 1.29 is 0 Å². The zero-order valence-corrected chi connectivity index (χ0v) is 28.0. The zero-order chi connectivity index (χ0) is 32.8. The van der Waals surface area contributed by atoms with E-state index in [-0.39, 0.29) is 5.41 Å². The van der Waals surface area contributed by atoms with E-state index in [4.69, 9.17) is 0 Å². The Morgan fingerprint density at radius 3 is 1.69 bits per heavy atom. The maximum Gasteiger partial charge on any atom is 0.0540 e. The third-order valence-electron chi connectivity index (χ3n) is 10.2. The van der Waals surface area contributed by atoms with Gasteiger partial charge in [-0.1, -0.05) is 135 Å². The molecule has 48 heavy (non-hydrogen) atoms. The highest BCUT2D eigenvalue weighted by Crippen LogP contribution is 2.50. The summed E-state index contributed by atoms with van der Waals surface area (Å²) in [5, 5.41) is 0. The van der Waals surface area contributed by atoms with E-state index in [0.29, 0.717) is 0 Å². The van der Waals surface area contributed by atoms with Crippen molar-refractivity contribution in [1.82, 2.24) is 0 Å². The van der Waals surface area contributed by atoms with Crippen LogP contribution in [0.15, 0.2) is 164 Å². The summed E-state index contributed by atoms with van der Waals surface area (Å²) >= 11 is 0. The highest BCUT2D eigenvalue weighted by molar-refractivity contribution is 5.91. The molecule has 7 aromatic carbocycles. The minimum atomic E-state index is -0.0140. The molecule has 0 aliphatic heterocycles. The fourth-order valence-corrected chi connectivity index (χ4v) is 7.57. The molecule has 8 rings (SSSR count). The van der Waals surface area contributed by atoms with Crippen molar-refractivity contribution in [2.75, 3.05) is 4.90 Å². The lowest BCUT2D eigenvalue weighted by molar-refractivity contribution is 0.660. The third kappa shape index (κ3) is 5.04. The Bertz CT molecular complexity index is 2270. The molecule has 1 aliphatic carbocycles. The first-order valence-electron chi connectivity index (χ1n) is 16.9. The topological polar surface area (TPSA) is 3.24 Å². The van der Waals surface area contributed by atoms with Gasteiger partial charge in [0.1, 0.15) is 0 Å². The Balaban J connectivity index is 1.22. The Labute approximate surface area is 284 Å². The molecule has 7 aromatic rings. The van der Waals surface area contributed by atoms with Crippen LogP contribution in [-0.2, 0) is 5.41 Å². The van der Waals surface area contributed by atoms with Crippen LogP contribution >= 0.6 is 0 Å². The summed E-state index contributed by atoms with van der Waals surface area (Å²) in [5.41, 5.74) is 18.9. The molecule has 0 heterocycles. The second-order valence-corrected chi connectivity index (χ2v) is 13.5. The van der Waals surface area contributed by atoms with Gasteiger partial charge in [-0.05, 0) is 118 Å². The Hall–Kier alpha value is -5.66. The molecule has 0 unspecified atom stereocenters. The Kier molecular flexibility index (Phi) is 7.34. The number of hydrogen-bond donors (Lipinski definition) is 0. The van der Waals surface area contributed by atoms with Crippen LogP contribution in [-0.4, -0.2) is 0 Å². The minimum Gasteiger partial charge on any atom is -0.310 e. The van der Waals surface area contributed by atoms with Gasteiger partial charge in [0.2, 0.25) is 0 Å². The van der Waals surface area contributed by atoms with Gasteiger partial charge in [-0.3, -0.25) is 0 Å². The molecule has 0 spiro atoms. The smallest absolute Gasteiger partial charge is 0.0540 e. The van der Waals surface area contributed by atoms with Crippen molar-refractivity contribution in [3.05, 3.63) is 186 Å². The molecule has 0 N–H and O–H groups in total. The van der Waals surface area contributed by atoms with E-state index < -0.39 is 0 Å². The minimum absolute atomic E-state index is 0.0140. The SMILES string of the molecule is Cc1ccccc1-c1cc(-c2ccc(N(c3ccccc3)c3ccccc3-c3ccc4c(c3)-c3ccccc3C4(C)C)cc2)ccc1C. The van der Waals surface area contributed by atoms with Gasteiger partial charge in [0.05, 0.1) is 5.69 Å². The van der Waals surface area contributed by atoms with E-state index >= 15 is 0 Å². The second kappa shape index (κ2) is 11.9. The quantitative estimate of drug-likeness (QED) is 0.179. The first-order chi connectivity index (χ1) is 23.4. The predicted molar refractivity (Wildman–Crippen MR) is 204 cm³/mol. The Morgan fingerprint density at radius 2 is 0.917 bits per heavy atom. The molecule has 0 saturated carbocycles. The van der Waals surface area contributed by atoms with Gasteiger partial charge in [0.15, 0.2) is 0 Å². The van der Waals surface area contributed by atoms with Crippen LogP contribution in [0.4, 0.5) is 17.1 Å². The van der Waals surface area contributed by atoms with Crippen molar-refractivity contribution in [2.45, 2.75) is 33.1 Å². The molecule has 1 aliphatic rings. The normalized spacial score (nSPS) is 12.8. The molecular weight excluding hydrogens is 579 g/mol. The molecule has 0 fully saturated rings. The molecule has 0 atom stereocenters. The van der Waals surface area contributed by atoms with Gasteiger partial charge in [-0.25, -0.2) is 0 Å². The number of nitrogens with zero attached hydrogens (tertiary/aromatic N) is 1. The van der Waals surface area contributed by atoms with E-state index in [0.717, 1.165) is 17.1 Å². The lowest BCUT2D eigenvalue weighted by Gasteiger charge is -2.28. The number of aryl methyl sites for hydroxylation is 2. The van der Waals surface area contributed by atoms with Gasteiger partial charge in [-0.15, -0.1) is 0 Å². The van der Waals surface area contributed by atoms with Crippen LogP contribution in [0.1, 0.15) is 36.1 Å². The van der Waals surface area contributed by atoms with Crippen LogP contribution in [0.5, 0.6) is 0 Å². The van der Waals surface area contributed by atoms with Crippen molar-refractivity contribution in [3.63, 3.8) is 0 Å². The summed E-state index contributed by atoms with van der Waals surface area (Å²) in [6.45, 7) is 9.07. The number of hydrogen-bond acceptors (Lipinski definition) is 1. The summed E-state index contributed by atoms with van der Waals surface area (Å²) in [4.78, 5) is 2.39. The molecular formula is C47H39N. The first kappa shape index (κ1) is 29.7. The number of para-hydroxylation sites is 2. The number of rotatable bonds is 6. The van der Waals surface area contributed by atoms with Crippen LogP contribution in [0.2, 0.25) is 0 Å². The third-order valence-corrected chi connectivity index (χ3v) is 10.2. The van der Waals surface area contributed by atoms with Gasteiger partial charge < -0.3 is 4.90 Å². The van der Waals surface area contributed by atoms with Crippen LogP contribution in [0.25, 0.3) is 44.5 Å². The van der Waals surface area contributed by atoms with Gasteiger partial charge >= 0.3 is 0 Å². The average molecular weight is 618 g/mol. The predicted octanol–water partition coefficient (Wildman–Crippen LogP) is 13.1. The van der Waals surface area contributed by atoms with E-state index in [2.05, 4.69) is 196 Å². The molecule has 0 aromatic heterocycles. The van der Waals surface area contributed by atoms with Crippen molar-refractivity contribution in [3.8, 4) is 44.5 Å². The van der Waals surface area contributed by atoms with E-state index in [1.807, 2.05) is 0 Å². The zero-order valence-electron chi connectivity index (χ0n) is 28.0. The largest absolute Gasteiger partial charge is 0.310 e. The first-order valence-corrected chi connectivity index (χ1v) is 16.9. The molecule has 1 heteroatoms. The summed E-state index contributed by atoms with van der Waals surface area (Å²) < 4.78 is 0. The number of benzene rings is 7. The molecule has 0 radical (unpaired) electrons. The summed E-state index contributed by atoms with van der Waals surface area (Å²) in [7, 11) is 0. The summed E-state index contributed by atoms with van der Waals surface area (Å²) in [6, 6.07) is 59.9. The van der Waals surface area contributed by atoms with Crippen LogP contribution < -0.4 is 4.90 Å². The Morgan fingerprint density at radius 1 is 0.375 bits per heavy atom. The van der Waals surface area contributed by atoms with E-state index in [9.17, 15) is 0 Å². The highest BCUT2D eigenvalue weighted by Gasteiger charge is 2.35. The maximum atomic E-state index is 2.40. The molecule has 0 saturated heterocycles. The second-order valence-electron chi connectivity index (χ2n) is 13.5. The molecule has 0 bridgehead atoms. The van der Waals surface area contributed by atoms with Crippen LogP contribution in [0.3, 0.4) is 0 Å². The van der Waals surface area contributed by atoms with Crippen LogP contribution in [0, 0.1) is 13.8 Å². The van der Waals surface area contributed by atoms with Gasteiger partial charge in [0, 0.05) is 22.4 Å². The van der Waals surface area contributed by atoms with Gasteiger partial charge in [-0.2, -0.15) is 0 Å². The summed E-state index contributed by atoms with van der Waals surface area (Å²) in [5.74, 6) is 0. The fraction of sp³-hybridized carbons (Fsp3) is 0.106. The van der Waals surface area contributed by atoms with Crippen molar-refractivity contribution >= 4 is 17.1 Å². The van der Waals surface area contributed by atoms with E-state index in [1.54, 1.807) is 0 Å². The van der Waals surface area contributed by atoms with Crippen molar-refractivity contribution in [2.24, 2.45) is 0 Å². The molecule has 1 nitrogen and oxygen atoms in total.